The second-order valence-electron chi connectivity index (χ2n) is 25.1. The molecule has 0 amide bonds. The lowest BCUT2D eigenvalue weighted by atomic mass is 9.77. The van der Waals surface area contributed by atoms with Crippen LogP contribution in [0.3, 0.4) is 0 Å². The van der Waals surface area contributed by atoms with Crippen LogP contribution in [0.5, 0.6) is 0 Å². The highest BCUT2D eigenvalue weighted by Gasteiger charge is 2.50. The molecule has 0 N–H and O–H groups in total. The Morgan fingerprint density at radius 1 is 0.473 bits per heavy atom. The number of benzene rings is 4. The van der Waals surface area contributed by atoms with Crippen molar-refractivity contribution in [2.45, 2.75) is 238 Å². The van der Waals surface area contributed by atoms with Crippen molar-refractivity contribution in [2.24, 2.45) is 5.92 Å². The lowest BCUT2D eigenvalue weighted by molar-refractivity contribution is -0.298. The van der Waals surface area contributed by atoms with Crippen molar-refractivity contribution in [3.63, 3.8) is 0 Å². The summed E-state index contributed by atoms with van der Waals surface area (Å²) in [5.41, 5.74) is 2.77. The van der Waals surface area contributed by atoms with Crippen LogP contribution in [0.2, 0.25) is 0 Å². The van der Waals surface area contributed by atoms with E-state index in [0.29, 0.717) is 51.7 Å². The summed E-state index contributed by atoms with van der Waals surface area (Å²) in [5, 5.41) is 4.31. The van der Waals surface area contributed by atoms with Gasteiger partial charge in [-0.1, -0.05) is 193 Å². The van der Waals surface area contributed by atoms with Gasteiger partial charge in [-0.25, -0.2) is 0 Å². The minimum absolute atomic E-state index is 0.119. The number of ether oxygens (including phenoxy) is 2. The van der Waals surface area contributed by atoms with E-state index in [9.17, 15) is 9.59 Å². The maximum absolute atomic E-state index is 13.1. The molecular formula is C66H98N2O6. The Hall–Kier alpha value is -4.34. The van der Waals surface area contributed by atoms with E-state index < -0.39 is 0 Å². The smallest absolute Gasteiger partial charge is 0.306 e. The molecule has 4 aromatic carbocycles. The number of hydrogen-bond donors (Lipinski definition) is 0. The van der Waals surface area contributed by atoms with E-state index >= 15 is 0 Å². The van der Waals surface area contributed by atoms with Crippen molar-refractivity contribution in [3.05, 3.63) is 144 Å². The first-order valence-corrected chi connectivity index (χ1v) is 28.5. The van der Waals surface area contributed by atoms with Crippen LogP contribution >= 0.6 is 0 Å². The maximum Gasteiger partial charge on any atom is 0.306 e. The van der Waals surface area contributed by atoms with Crippen LogP contribution in [-0.4, -0.2) is 69.6 Å². The van der Waals surface area contributed by atoms with E-state index in [2.05, 4.69) is 221 Å². The minimum atomic E-state index is -0.345. The van der Waals surface area contributed by atoms with E-state index in [-0.39, 0.29) is 57.1 Å². The first-order chi connectivity index (χ1) is 35.0. The molecule has 74 heavy (non-hydrogen) atoms. The molecule has 2 aliphatic rings. The third-order valence-electron chi connectivity index (χ3n) is 15.7. The Morgan fingerprint density at radius 3 is 1.03 bits per heavy atom. The number of unbranched alkanes of at least 4 members (excludes halogenated alkanes) is 7. The average Bonchev–Trinajstić information content (AvgIpc) is 3.34. The number of esters is 2. The molecule has 0 unspecified atom stereocenters. The maximum atomic E-state index is 13.1. The van der Waals surface area contributed by atoms with Crippen molar-refractivity contribution in [1.82, 2.24) is 10.1 Å². The molecule has 0 radical (unpaired) electrons. The molecule has 0 aliphatic carbocycles. The highest BCUT2D eigenvalue weighted by atomic mass is 16.7. The molecule has 2 saturated heterocycles. The fourth-order valence-corrected chi connectivity index (χ4v) is 12.0. The molecule has 4 aromatic rings. The lowest BCUT2D eigenvalue weighted by Crippen LogP contribution is -2.62. The molecule has 2 heterocycles. The van der Waals surface area contributed by atoms with Gasteiger partial charge in [-0.2, -0.15) is 10.1 Å². The molecular weight excluding hydrogens is 917 g/mol. The number of hydrogen-bond acceptors (Lipinski definition) is 8. The minimum Gasteiger partial charge on any atom is -0.462 e. The van der Waals surface area contributed by atoms with Gasteiger partial charge in [0.2, 0.25) is 0 Å². The van der Waals surface area contributed by atoms with Gasteiger partial charge in [-0.3, -0.25) is 19.3 Å². The monoisotopic (exact) mass is 1010 g/mol. The Bertz CT molecular complexity index is 1970. The molecule has 2 fully saturated rings. The summed E-state index contributed by atoms with van der Waals surface area (Å²) in [5.74, 6) is 0.665. The number of nitrogens with zero attached hydrogens (tertiary/aromatic N) is 2. The third kappa shape index (κ3) is 17.3. The number of hydroxylamine groups is 4. The van der Waals surface area contributed by atoms with E-state index in [1.165, 1.54) is 47.9 Å². The number of carbonyl (C=O) groups is 2. The zero-order valence-electron chi connectivity index (χ0n) is 48.4. The van der Waals surface area contributed by atoms with Gasteiger partial charge in [0.25, 0.3) is 0 Å². The van der Waals surface area contributed by atoms with Crippen molar-refractivity contribution < 1.29 is 28.7 Å². The summed E-state index contributed by atoms with van der Waals surface area (Å²) < 4.78 is 12.3. The van der Waals surface area contributed by atoms with Crippen LogP contribution in [0.4, 0.5) is 0 Å². The van der Waals surface area contributed by atoms with Gasteiger partial charge in [0.15, 0.2) is 0 Å². The van der Waals surface area contributed by atoms with Gasteiger partial charge in [0.1, 0.15) is 12.2 Å². The zero-order valence-corrected chi connectivity index (χ0v) is 48.4. The summed E-state index contributed by atoms with van der Waals surface area (Å²) in [6.07, 6.45) is 14.5. The molecule has 0 saturated carbocycles. The number of rotatable bonds is 25. The van der Waals surface area contributed by atoms with Crippen molar-refractivity contribution in [3.8, 4) is 0 Å². The van der Waals surface area contributed by atoms with Crippen molar-refractivity contribution >= 4 is 11.9 Å². The SMILES string of the molecule is CC(CON1C(C)(C)CC(OC(=O)CCCCCCCCC(=O)OC2CC(C)(C)N(OCC(C)(c3ccccc3)c3ccccc3)C(C)(C)C2)CC1(C)C)(c1ccccc1)c1ccccc1.CCCCCC(C)C. The first kappa shape index (κ1) is 60.5. The molecule has 0 atom stereocenters. The number of carbonyl (C=O) groups excluding carboxylic acids is 2. The van der Waals surface area contributed by atoms with Crippen molar-refractivity contribution in [1.29, 1.82) is 0 Å². The molecule has 8 heteroatoms. The quantitative estimate of drug-likeness (QED) is 0.0480. The lowest BCUT2D eigenvalue weighted by Gasteiger charge is -2.54. The Morgan fingerprint density at radius 2 is 0.757 bits per heavy atom. The summed E-state index contributed by atoms with van der Waals surface area (Å²) >= 11 is 0. The van der Waals surface area contributed by atoms with Gasteiger partial charge in [-0.05, 0) is 110 Å². The highest BCUT2D eigenvalue weighted by molar-refractivity contribution is 5.70. The predicted molar refractivity (Wildman–Crippen MR) is 305 cm³/mol. The predicted octanol–water partition coefficient (Wildman–Crippen LogP) is 16.3. The zero-order chi connectivity index (χ0) is 54.0. The fourth-order valence-electron chi connectivity index (χ4n) is 12.0. The second-order valence-corrected chi connectivity index (χ2v) is 25.1. The fraction of sp³-hybridized carbons (Fsp3) is 0.606. The molecule has 0 spiro atoms. The Balaban J connectivity index is 0.00000117. The van der Waals surface area contributed by atoms with Crippen LogP contribution in [0.15, 0.2) is 121 Å². The average molecular weight is 1020 g/mol. The normalized spacial score (nSPS) is 18.1. The third-order valence-corrected chi connectivity index (χ3v) is 15.7. The topological polar surface area (TPSA) is 77.5 Å². The van der Waals surface area contributed by atoms with Gasteiger partial charge < -0.3 is 9.47 Å². The van der Waals surface area contributed by atoms with Crippen LogP contribution in [0, 0.1) is 5.92 Å². The van der Waals surface area contributed by atoms with E-state index in [1.807, 2.05) is 0 Å². The summed E-state index contributed by atoms with van der Waals surface area (Å²) in [6.45, 7) is 29.8. The summed E-state index contributed by atoms with van der Waals surface area (Å²) in [4.78, 5) is 39.9. The van der Waals surface area contributed by atoms with Gasteiger partial charge in [0, 0.05) is 71.5 Å². The molecule has 2 aliphatic heterocycles. The largest absolute Gasteiger partial charge is 0.462 e. The van der Waals surface area contributed by atoms with Crippen molar-refractivity contribution in [2.75, 3.05) is 13.2 Å². The standard InChI is InChI=1S/C58H80N2O6.C8H18/c1-53(2)39-49(40-54(3,4)59(53)63-43-57(9,45-29-19-15-20-30-45)46-31-21-16-22-32-46)65-51(61)37-27-13-11-12-14-28-38-52(62)66-50-41-55(5,6)60(56(7,8)42-50)64-44-58(10,47-33-23-17-24-34-47)48-35-25-18-26-36-48;1-4-5-6-7-8(2)3/h15-26,29-36,49-50H,11-14,27-28,37-44H2,1-10H3;8H,4-7H2,1-3H3. The molecule has 0 aromatic heterocycles. The van der Waals surface area contributed by atoms with Gasteiger partial charge >= 0.3 is 11.9 Å². The Kier molecular flexibility index (Phi) is 22.6. The van der Waals surface area contributed by atoms with Gasteiger partial charge in [-0.15, -0.1) is 0 Å². The molecule has 0 bridgehead atoms. The Labute approximate surface area is 449 Å². The van der Waals surface area contributed by atoms with Crippen LogP contribution in [0.25, 0.3) is 0 Å². The van der Waals surface area contributed by atoms with Crippen LogP contribution in [0.1, 0.15) is 215 Å². The van der Waals surface area contributed by atoms with E-state index in [4.69, 9.17) is 19.1 Å². The van der Waals surface area contributed by atoms with Crippen LogP contribution < -0.4 is 0 Å². The number of piperidine rings is 2. The summed E-state index contributed by atoms with van der Waals surface area (Å²) in [7, 11) is 0. The van der Waals surface area contributed by atoms with Gasteiger partial charge in [0.05, 0.1) is 13.2 Å². The summed E-state index contributed by atoms with van der Waals surface area (Å²) in [6, 6.07) is 42.3. The second kappa shape index (κ2) is 27.6. The first-order valence-electron chi connectivity index (χ1n) is 28.5. The molecule has 6 rings (SSSR count). The van der Waals surface area contributed by atoms with E-state index in [1.54, 1.807) is 0 Å². The molecule has 8 nitrogen and oxygen atoms in total. The van der Waals surface area contributed by atoms with Crippen LogP contribution in [-0.2, 0) is 39.6 Å². The highest BCUT2D eigenvalue weighted by Crippen LogP contribution is 2.44. The van der Waals surface area contributed by atoms with E-state index in [0.717, 1.165) is 44.4 Å². The molecule has 408 valence electrons.